The van der Waals surface area contributed by atoms with Crippen LogP contribution in [0, 0.1) is 11.6 Å². The molecule has 0 fully saturated rings. The number of aromatic nitrogens is 3. The lowest BCUT2D eigenvalue weighted by Crippen LogP contribution is -2.09. The predicted octanol–water partition coefficient (Wildman–Crippen LogP) is 4.04. The van der Waals surface area contributed by atoms with E-state index in [4.69, 9.17) is 33.5 Å². The van der Waals surface area contributed by atoms with Gasteiger partial charge in [0.15, 0.2) is 21.9 Å². The lowest BCUT2D eigenvalue weighted by molar-refractivity contribution is 0.418. The summed E-state index contributed by atoms with van der Waals surface area (Å²) in [6.07, 6.45) is 2.73. The van der Waals surface area contributed by atoms with Crippen molar-refractivity contribution >= 4 is 34.6 Å². The molecule has 138 valence electrons. The van der Waals surface area contributed by atoms with E-state index >= 15 is 0 Å². The fourth-order valence-corrected chi connectivity index (χ4v) is 2.46. The van der Waals surface area contributed by atoms with Gasteiger partial charge in [0.05, 0.1) is 18.0 Å². The van der Waals surface area contributed by atoms with E-state index in [1.54, 1.807) is 24.3 Å². The Morgan fingerprint density at radius 1 is 1.15 bits per heavy atom. The molecule has 1 aromatic carbocycles. The van der Waals surface area contributed by atoms with Crippen LogP contribution in [0.15, 0.2) is 52.2 Å². The second-order valence-corrected chi connectivity index (χ2v) is 5.94. The molecule has 0 saturated heterocycles. The van der Waals surface area contributed by atoms with E-state index in [9.17, 15) is 8.78 Å². The van der Waals surface area contributed by atoms with Gasteiger partial charge in [-0.25, -0.2) is 18.7 Å². The number of nitrogens with zero attached hydrogens (tertiary/aromatic N) is 4. The van der Waals surface area contributed by atoms with Crippen LogP contribution in [0.25, 0.3) is 5.70 Å². The van der Waals surface area contributed by atoms with Crippen molar-refractivity contribution in [1.82, 2.24) is 15.1 Å². The molecule has 6 nitrogen and oxygen atoms in total. The van der Waals surface area contributed by atoms with Crippen molar-refractivity contribution in [3.63, 3.8) is 0 Å². The Balaban J connectivity index is 1.98. The Kier molecular flexibility index (Phi) is 5.78. The monoisotopic (exact) mass is 409 g/mol. The van der Waals surface area contributed by atoms with E-state index < -0.39 is 21.9 Å². The maximum absolute atomic E-state index is 13.8. The number of hydrogen-bond acceptors (Lipinski definition) is 6. The summed E-state index contributed by atoms with van der Waals surface area (Å²) in [6, 6.07) is 7.77. The van der Waals surface area contributed by atoms with Crippen LogP contribution in [0.5, 0.6) is 0 Å². The molecular weight excluding hydrogens is 399 g/mol. The maximum Gasteiger partial charge on any atom is 0.197 e. The zero-order valence-electron chi connectivity index (χ0n) is 13.5. The van der Waals surface area contributed by atoms with Gasteiger partial charge in [0.25, 0.3) is 0 Å². The molecule has 0 aliphatic heterocycles. The molecule has 10 heteroatoms. The molecule has 3 rings (SSSR count). The van der Waals surface area contributed by atoms with Crippen LogP contribution >= 0.6 is 23.2 Å². The fourth-order valence-electron chi connectivity index (χ4n) is 2.08. The second-order valence-electron chi connectivity index (χ2n) is 5.22. The number of allylic oxidation sites excluding steroid dienone is 1. The van der Waals surface area contributed by atoms with E-state index in [2.05, 4.69) is 20.1 Å². The third-order valence-corrected chi connectivity index (χ3v) is 3.90. The topological polar surface area (TPSA) is 90.2 Å². The summed E-state index contributed by atoms with van der Waals surface area (Å²) >= 11 is 11.3. The van der Waals surface area contributed by atoms with Crippen LogP contribution in [0.3, 0.4) is 0 Å². The summed E-state index contributed by atoms with van der Waals surface area (Å²) in [5.74, 6) is -1.42. The van der Waals surface area contributed by atoms with Crippen molar-refractivity contribution in [3.05, 3.63) is 81.7 Å². The molecule has 0 saturated carbocycles. The summed E-state index contributed by atoms with van der Waals surface area (Å²) in [5, 5.41) is 2.86. The molecule has 0 unspecified atom stereocenters. The van der Waals surface area contributed by atoms with E-state index in [-0.39, 0.29) is 23.8 Å². The third-order valence-electron chi connectivity index (χ3n) is 3.40. The normalized spacial score (nSPS) is 12.4. The van der Waals surface area contributed by atoms with Crippen LogP contribution in [-0.4, -0.2) is 20.8 Å². The van der Waals surface area contributed by atoms with Crippen molar-refractivity contribution in [2.75, 3.05) is 0 Å². The van der Waals surface area contributed by atoms with E-state index in [0.29, 0.717) is 11.3 Å². The molecule has 0 aliphatic carbocycles. The number of halogens is 4. The number of benzene rings is 1. The van der Waals surface area contributed by atoms with Crippen LogP contribution < -0.4 is 5.73 Å². The van der Waals surface area contributed by atoms with Crippen molar-refractivity contribution in [3.8, 4) is 0 Å². The van der Waals surface area contributed by atoms with Gasteiger partial charge in [-0.2, -0.15) is 0 Å². The van der Waals surface area contributed by atoms with Crippen molar-refractivity contribution < 1.29 is 13.3 Å². The molecule has 2 aromatic heterocycles. The largest absolute Gasteiger partial charge is 0.396 e. The minimum atomic E-state index is -0.945. The second kappa shape index (κ2) is 8.24. The predicted molar refractivity (Wildman–Crippen MR) is 97.3 cm³/mol. The lowest BCUT2D eigenvalue weighted by atomic mass is 10.2. The van der Waals surface area contributed by atoms with Crippen LogP contribution in [0.1, 0.15) is 17.1 Å². The first-order valence-electron chi connectivity index (χ1n) is 7.50. The van der Waals surface area contributed by atoms with Gasteiger partial charge >= 0.3 is 0 Å². The molecule has 3 aromatic rings. The van der Waals surface area contributed by atoms with Gasteiger partial charge in [0, 0.05) is 11.6 Å². The van der Waals surface area contributed by atoms with Gasteiger partial charge in [-0.15, -0.1) is 0 Å². The van der Waals surface area contributed by atoms with Gasteiger partial charge in [0.2, 0.25) is 0 Å². The Morgan fingerprint density at radius 2 is 1.85 bits per heavy atom. The summed E-state index contributed by atoms with van der Waals surface area (Å²) in [7, 11) is 0. The molecule has 0 radical (unpaired) electrons. The van der Waals surface area contributed by atoms with Gasteiger partial charge in [-0.05, 0) is 12.1 Å². The molecule has 0 aliphatic rings. The molecule has 0 spiro atoms. The van der Waals surface area contributed by atoms with E-state index in [1.807, 2.05) is 0 Å². The quantitative estimate of drug-likeness (QED) is 0.507. The highest BCUT2D eigenvalue weighted by molar-refractivity contribution is 6.33. The first kappa shape index (κ1) is 18.9. The Hall–Kier alpha value is -2.84. The summed E-state index contributed by atoms with van der Waals surface area (Å²) in [6.45, 7) is 0.0322. The average molecular weight is 410 g/mol. The molecule has 0 atom stereocenters. The molecular formula is C17H11Cl2F2N5O. The molecule has 0 amide bonds. The molecule has 2 heterocycles. The maximum atomic E-state index is 13.8. The zero-order chi connectivity index (χ0) is 19.4. The number of rotatable bonds is 5. The molecule has 2 N–H and O–H groups in total. The van der Waals surface area contributed by atoms with Crippen molar-refractivity contribution in [2.45, 2.75) is 6.54 Å². The highest BCUT2D eigenvalue weighted by Gasteiger charge is 2.14. The number of nitrogens with two attached hydrogens (primary N) is 1. The minimum absolute atomic E-state index is 0.00841. The average Bonchev–Trinajstić information content (AvgIpc) is 3.18. The summed E-state index contributed by atoms with van der Waals surface area (Å²) in [4.78, 5) is 11.8. The van der Waals surface area contributed by atoms with Crippen LogP contribution in [-0.2, 0) is 6.54 Å². The summed E-state index contributed by atoms with van der Waals surface area (Å²) < 4.78 is 32.1. The van der Waals surface area contributed by atoms with Gasteiger partial charge < -0.3 is 10.3 Å². The highest BCUT2D eigenvalue weighted by atomic mass is 35.5. The lowest BCUT2D eigenvalue weighted by Gasteiger charge is -2.05. The Bertz CT molecular complexity index is 999. The van der Waals surface area contributed by atoms with Gasteiger partial charge in [-0.3, -0.25) is 4.99 Å². The smallest absolute Gasteiger partial charge is 0.197 e. The number of hydrogen-bond donors (Lipinski definition) is 1. The Labute approximate surface area is 162 Å². The SMILES string of the molecule is N/C(=C\C(=NCc1ccccc1F)c1ccon1)c1nc(Cl)c(F)c(Cl)n1. The van der Waals surface area contributed by atoms with Crippen molar-refractivity contribution in [2.24, 2.45) is 10.7 Å². The fraction of sp³-hybridized carbons (Fsp3) is 0.0588. The minimum Gasteiger partial charge on any atom is -0.396 e. The van der Waals surface area contributed by atoms with Crippen LogP contribution in [0.2, 0.25) is 10.3 Å². The van der Waals surface area contributed by atoms with Crippen LogP contribution in [0.4, 0.5) is 8.78 Å². The Morgan fingerprint density at radius 3 is 2.48 bits per heavy atom. The first-order valence-corrected chi connectivity index (χ1v) is 8.26. The molecule has 0 bridgehead atoms. The van der Waals surface area contributed by atoms with Gasteiger partial charge in [-0.1, -0.05) is 46.6 Å². The third kappa shape index (κ3) is 4.47. The highest BCUT2D eigenvalue weighted by Crippen LogP contribution is 2.21. The number of aliphatic imine (C=N–C) groups is 1. The van der Waals surface area contributed by atoms with Crippen molar-refractivity contribution in [1.29, 1.82) is 0 Å². The van der Waals surface area contributed by atoms with E-state index in [1.165, 1.54) is 18.4 Å². The first-order chi connectivity index (χ1) is 13.0. The standard InChI is InChI=1S/C17H11Cl2F2N5O/c18-15-14(21)16(19)25-17(24-15)11(22)7-13(12-5-6-27-26-12)23-8-9-3-1-2-4-10(9)20/h1-7H,8,22H2/b11-7-,23-13?. The van der Waals surface area contributed by atoms with Gasteiger partial charge in [0.1, 0.15) is 17.8 Å². The zero-order valence-corrected chi connectivity index (χ0v) is 15.0. The van der Waals surface area contributed by atoms with E-state index in [0.717, 1.165) is 0 Å². The molecule has 27 heavy (non-hydrogen) atoms. The summed E-state index contributed by atoms with van der Waals surface area (Å²) in [5.41, 5.74) is 7.00.